The Bertz CT molecular complexity index is 346. The number of unbranched alkanes of at least 4 members (excludes halogenated alkanes) is 3. The fourth-order valence-corrected chi connectivity index (χ4v) is 3.04. The maximum Gasteiger partial charge on any atom is 0.0943 e. The van der Waals surface area contributed by atoms with E-state index in [1.54, 1.807) is 11.3 Å². The van der Waals surface area contributed by atoms with Gasteiger partial charge in [-0.1, -0.05) is 25.8 Å². The molecule has 1 aromatic heterocycles. The van der Waals surface area contributed by atoms with Crippen LogP contribution in [0.1, 0.15) is 56.2 Å². The van der Waals surface area contributed by atoms with E-state index in [-0.39, 0.29) is 0 Å². The molecule has 0 saturated heterocycles. The molecule has 0 saturated carbocycles. The first-order valence-corrected chi connectivity index (χ1v) is 8.39. The first-order valence-electron chi connectivity index (χ1n) is 7.51. The summed E-state index contributed by atoms with van der Waals surface area (Å²) in [6, 6.07) is 0.592. The lowest BCUT2D eigenvalue weighted by molar-refractivity contribution is 0.453. The molecule has 0 aliphatic rings. The summed E-state index contributed by atoms with van der Waals surface area (Å²) in [6.45, 7) is 9.18. The monoisotopic (exact) mass is 280 g/mol. The first-order chi connectivity index (χ1) is 9.26. The van der Waals surface area contributed by atoms with Crippen LogP contribution >= 0.6 is 11.3 Å². The molecule has 0 fully saturated rings. The van der Waals surface area contributed by atoms with Crippen molar-refractivity contribution in [2.45, 2.75) is 64.8 Å². The Kier molecular flexibility index (Phi) is 8.76. The normalized spacial score (nSPS) is 12.5. The lowest BCUT2D eigenvalue weighted by atomic mass is 10.0. The van der Waals surface area contributed by atoms with E-state index >= 15 is 0 Å². The van der Waals surface area contributed by atoms with Crippen LogP contribution in [0.3, 0.4) is 0 Å². The van der Waals surface area contributed by atoms with Crippen molar-refractivity contribution in [2.24, 2.45) is 0 Å². The van der Waals surface area contributed by atoms with Gasteiger partial charge in [-0.2, -0.15) is 0 Å². The summed E-state index contributed by atoms with van der Waals surface area (Å²) < 4.78 is 0. The third kappa shape index (κ3) is 7.48. The third-order valence-electron chi connectivity index (χ3n) is 3.23. The number of nitrogens with zero attached hydrogens (tertiary/aromatic N) is 1. The highest BCUT2D eigenvalue weighted by atomic mass is 32.1. The first kappa shape index (κ1) is 16.4. The summed E-state index contributed by atoms with van der Waals surface area (Å²) in [5.74, 6) is 0. The van der Waals surface area contributed by atoms with Crippen LogP contribution in [0.4, 0.5) is 0 Å². The van der Waals surface area contributed by atoms with Gasteiger partial charge in [0.05, 0.1) is 5.01 Å². The van der Waals surface area contributed by atoms with Gasteiger partial charge >= 0.3 is 0 Å². The molecular formula is C16H28N2S. The maximum atomic E-state index is 4.58. The van der Waals surface area contributed by atoms with Crippen molar-refractivity contribution in [3.05, 3.63) is 28.7 Å². The van der Waals surface area contributed by atoms with E-state index < -0.39 is 0 Å². The predicted octanol–water partition coefficient (Wildman–Crippen LogP) is 4.50. The molecule has 108 valence electrons. The molecule has 0 bridgehead atoms. The largest absolute Gasteiger partial charge is 0.314 e. The van der Waals surface area contributed by atoms with E-state index in [2.05, 4.69) is 36.1 Å². The predicted molar refractivity (Wildman–Crippen MR) is 85.9 cm³/mol. The Hall–Kier alpha value is -0.670. The summed E-state index contributed by atoms with van der Waals surface area (Å²) in [4.78, 5) is 4.58. The van der Waals surface area contributed by atoms with E-state index in [0.717, 1.165) is 25.1 Å². The average Bonchev–Trinajstić information content (AvgIpc) is 2.81. The van der Waals surface area contributed by atoms with E-state index in [0.29, 0.717) is 6.04 Å². The number of aromatic nitrogens is 1. The maximum absolute atomic E-state index is 4.58. The molecule has 0 radical (unpaired) electrons. The van der Waals surface area contributed by atoms with Gasteiger partial charge in [0.1, 0.15) is 0 Å². The highest BCUT2D eigenvalue weighted by molar-refractivity contribution is 7.09. The second-order valence-corrected chi connectivity index (χ2v) is 6.11. The van der Waals surface area contributed by atoms with Gasteiger partial charge in [-0.3, -0.25) is 0 Å². The molecule has 1 N–H and O–H groups in total. The molecule has 0 aliphatic carbocycles. The van der Waals surface area contributed by atoms with Crippen molar-refractivity contribution in [2.75, 3.05) is 6.54 Å². The summed E-state index contributed by atoms with van der Waals surface area (Å²) in [6.07, 6.45) is 10.6. The summed E-state index contributed by atoms with van der Waals surface area (Å²) >= 11 is 1.79. The number of hydrogen-bond donors (Lipinski definition) is 1. The quantitative estimate of drug-likeness (QED) is 0.477. The molecule has 1 rings (SSSR count). The highest BCUT2D eigenvalue weighted by Gasteiger charge is 2.10. The molecule has 0 amide bonds. The molecule has 0 aliphatic heterocycles. The van der Waals surface area contributed by atoms with Gasteiger partial charge in [-0.15, -0.1) is 17.9 Å². The number of aryl methyl sites for hydroxylation is 1. The number of rotatable bonds is 11. The molecule has 2 nitrogen and oxygen atoms in total. The second kappa shape index (κ2) is 10.2. The standard InChI is InChI=1S/C16H28N2S/c1-4-6-7-8-9-10-15(17-11-5-2)12-16-18-14(3)13-19-16/h4,13,15,17H,1,5-12H2,2-3H3. The van der Waals surface area contributed by atoms with Crippen LogP contribution in [0.2, 0.25) is 0 Å². The fourth-order valence-electron chi connectivity index (χ4n) is 2.19. The Morgan fingerprint density at radius 3 is 2.89 bits per heavy atom. The van der Waals surface area contributed by atoms with Crippen LogP contribution in [0.5, 0.6) is 0 Å². The zero-order chi connectivity index (χ0) is 13.9. The summed E-state index contributed by atoms with van der Waals surface area (Å²) in [5.41, 5.74) is 1.15. The van der Waals surface area contributed by atoms with Gasteiger partial charge in [0, 0.05) is 23.5 Å². The molecule has 0 spiro atoms. The van der Waals surface area contributed by atoms with Crippen molar-refractivity contribution in [1.29, 1.82) is 0 Å². The van der Waals surface area contributed by atoms with Crippen molar-refractivity contribution in [3.63, 3.8) is 0 Å². The van der Waals surface area contributed by atoms with E-state index in [9.17, 15) is 0 Å². The number of allylic oxidation sites excluding steroid dienone is 1. The van der Waals surface area contributed by atoms with E-state index in [1.165, 1.54) is 37.1 Å². The van der Waals surface area contributed by atoms with Crippen molar-refractivity contribution >= 4 is 11.3 Å². The van der Waals surface area contributed by atoms with E-state index in [1.807, 2.05) is 6.08 Å². The number of hydrogen-bond acceptors (Lipinski definition) is 3. The lowest BCUT2D eigenvalue weighted by Gasteiger charge is -2.17. The Morgan fingerprint density at radius 2 is 2.26 bits per heavy atom. The third-order valence-corrected chi connectivity index (χ3v) is 4.22. The fraction of sp³-hybridized carbons (Fsp3) is 0.688. The van der Waals surface area contributed by atoms with Crippen molar-refractivity contribution < 1.29 is 0 Å². The van der Waals surface area contributed by atoms with Crippen LogP contribution in [0.15, 0.2) is 18.0 Å². The molecule has 1 aromatic rings. The van der Waals surface area contributed by atoms with Crippen molar-refractivity contribution in [1.82, 2.24) is 10.3 Å². The smallest absolute Gasteiger partial charge is 0.0943 e. The van der Waals surface area contributed by atoms with Crippen LogP contribution in [0, 0.1) is 6.92 Å². The minimum atomic E-state index is 0.592. The van der Waals surface area contributed by atoms with Crippen LogP contribution in [-0.2, 0) is 6.42 Å². The summed E-state index contributed by atoms with van der Waals surface area (Å²) in [5, 5.41) is 7.09. The molecule has 19 heavy (non-hydrogen) atoms. The lowest BCUT2D eigenvalue weighted by Crippen LogP contribution is -2.31. The second-order valence-electron chi connectivity index (χ2n) is 5.16. The Labute approximate surface area is 122 Å². The average molecular weight is 280 g/mol. The SMILES string of the molecule is C=CCCCCCC(Cc1nc(C)cs1)NCCC. The zero-order valence-corrected chi connectivity index (χ0v) is 13.3. The molecule has 0 aromatic carbocycles. The topological polar surface area (TPSA) is 24.9 Å². The van der Waals surface area contributed by atoms with Crippen LogP contribution in [-0.4, -0.2) is 17.6 Å². The van der Waals surface area contributed by atoms with Gasteiger partial charge in [-0.25, -0.2) is 4.98 Å². The van der Waals surface area contributed by atoms with Gasteiger partial charge in [0.25, 0.3) is 0 Å². The summed E-state index contributed by atoms with van der Waals surface area (Å²) in [7, 11) is 0. The van der Waals surface area contributed by atoms with Gasteiger partial charge < -0.3 is 5.32 Å². The van der Waals surface area contributed by atoms with Crippen LogP contribution in [0.25, 0.3) is 0 Å². The van der Waals surface area contributed by atoms with Gasteiger partial charge in [-0.05, 0) is 39.2 Å². The highest BCUT2D eigenvalue weighted by Crippen LogP contribution is 2.14. The molecule has 1 atom stereocenters. The minimum Gasteiger partial charge on any atom is -0.314 e. The minimum absolute atomic E-state index is 0.592. The molecule has 1 unspecified atom stereocenters. The Balaban J connectivity index is 2.31. The van der Waals surface area contributed by atoms with Crippen molar-refractivity contribution in [3.8, 4) is 0 Å². The number of thiazole rings is 1. The van der Waals surface area contributed by atoms with Gasteiger partial charge in [0.15, 0.2) is 0 Å². The zero-order valence-electron chi connectivity index (χ0n) is 12.5. The molecule has 1 heterocycles. The number of nitrogens with one attached hydrogen (secondary N) is 1. The molecular weight excluding hydrogens is 252 g/mol. The molecule has 3 heteroatoms. The van der Waals surface area contributed by atoms with E-state index in [4.69, 9.17) is 0 Å². The van der Waals surface area contributed by atoms with Crippen LogP contribution < -0.4 is 5.32 Å². The van der Waals surface area contributed by atoms with Gasteiger partial charge in [0.2, 0.25) is 0 Å². The Morgan fingerprint density at radius 1 is 1.42 bits per heavy atom.